The van der Waals surface area contributed by atoms with Crippen molar-refractivity contribution in [2.45, 2.75) is 0 Å². The zero-order chi connectivity index (χ0) is 10.3. The molecule has 4 heteroatoms. The van der Waals surface area contributed by atoms with Crippen molar-refractivity contribution in [3.8, 4) is 0 Å². The summed E-state index contributed by atoms with van der Waals surface area (Å²) in [5, 5.41) is 0. The molecule has 0 unspecified atom stereocenters. The van der Waals surface area contributed by atoms with Gasteiger partial charge in [-0.1, -0.05) is 18.2 Å². The summed E-state index contributed by atoms with van der Waals surface area (Å²) in [5.74, 6) is 0. The first kappa shape index (κ1) is 12.4. The Kier molecular flexibility index (Phi) is 5.25. The molecular formula is C12H11CoN3. The van der Waals surface area contributed by atoms with Crippen LogP contribution >= 0.6 is 0 Å². The summed E-state index contributed by atoms with van der Waals surface area (Å²) < 4.78 is 0. The van der Waals surface area contributed by atoms with E-state index < -0.39 is 0 Å². The Balaban J connectivity index is 0.000000162. The second-order valence-corrected chi connectivity index (χ2v) is 2.94. The van der Waals surface area contributed by atoms with Crippen molar-refractivity contribution in [2.75, 3.05) is 0 Å². The summed E-state index contributed by atoms with van der Waals surface area (Å²) in [6.45, 7) is 0. The van der Waals surface area contributed by atoms with Crippen molar-refractivity contribution in [3.05, 3.63) is 61.2 Å². The molecule has 0 aliphatic heterocycles. The molecule has 2 heterocycles. The number of imidazole rings is 1. The molecule has 3 aromatic rings. The second-order valence-electron chi connectivity index (χ2n) is 2.94. The predicted molar refractivity (Wildman–Crippen MR) is 60.3 cm³/mol. The molecule has 0 saturated carbocycles. The fraction of sp³-hybridized carbons (Fsp3) is 0. The van der Waals surface area contributed by atoms with Crippen molar-refractivity contribution in [1.82, 2.24) is 15.0 Å². The molecule has 0 spiro atoms. The number of pyridine rings is 1. The van der Waals surface area contributed by atoms with E-state index in [-0.39, 0.29) is 16.8 Å². The molecule has 3 nitrogen and oxygen atoms in total. The van der Waals surface area contributed by atoms with E-state index in [1.165, 1.54) is 0 Å². The van der Waals surface area contributed by atoms with Gasteiger partial charge in [0.05, 0.1) is 17.4 Å². The number of hydrogen-bond donors (Lipinski definition) is 1. The minimum absolute atomic E-state index is 0. The molecule has 16 heavy (non-hydrogen) atoms. The molecule has 0 atom stereocenters. The third-order valence-corrected chi connectivity index (χ3v) is 1.89. The van der Waals surface area contributed by atoms with Crippen LogP contribution in [0.2, 0.25) is 0 Å². The Hall–Kier alpha value is -1.65. The van der Waals surface area contributed by atoms with E-state index in [9.17, 15) is 0 Å². The first-order chi connectivity index (χ1) is 7.47. The minimum atomic E-state index is 0. The van der Waals surface area contributed by atoms with Crippen LogP contribution in [0.1, 0.15) is 0 Å². The van der Waals surface area contributed by atoms with Crippen LogP contribution in [0.15, 0.2) is 61.2 Å². The van der Waals surface area contributed by atoms with Gasteiger partial charge in [-0.15, -0.1) is 0 Å². The molecule has 83 valence electrons. The molecule has 1 aromatic carbocycles. The van der Waals surface area contributed by atoms with E-state index >= 15 is 0 Å². The van der Waals surface area contributed by atoms with Crippen molar-refractivity contribution < 1.29 is 16.8 Å². The third kappa shape index (κ3) is 3.49. The van der Waals surface area contributed by atoms with E-state index in [1.807, 2.05) is 42.5 Å². The largest absolute Gasteiger partial charge is 0.345 e. The van der Waals surface area contributed by atoms with Gasteiger partial charge in [0.15, 0.2) is 0 Å². The van der Waals surface area contributed by atoms with Gasteiger partial charge in [0, 0.05) is 29.2 Å². The number of aromatic amines is 1. The zero-order valence-electron chi connectivity index (χ0n) is 8.50. The molecule has 0 fully saturated rings. The van der Waals surface area contributed by atoms with Gasteiger partial charge in [0.25, 0.3) is 0 Å². The Labute approximate surface area is 104 Å². The molecule has 0 aliphatic carbocycles. The molecule has 0 saturated heterocycles. The number of fused-ring (bicyclic) bond motifs is 1. The topological polar surface area (TPSA) is 41.6 Å². The van der Waals surface area contributed by atoms with Gasteiger partial charge in [0.2, 0.25) is 0 Å². The van der Waals surface area contributed by atoms with Crippen LogP contribution in [0.25, 0.3) is 11.0 Å². The third-order valence-electron chi connectivity index (χ3n) is 1.89. The van der Waals surface area contributed by atoms with Gasteiger partial charge in [-0.05, 0) is 24.3 Å². The summed E-state index contributed by atoms with van der Waals surface area (Å²) in [7, 11) is 0. The monoisotopic (exact) mass is 256 g/mol. The van der Waals surface area contributed by atoms with Crippen LogP contribution in [0, 0.1) is 0 Å². The van der Waals surface area contributed by atoms with Gasteiger partial charge in [0.1, 0.15) is 0 Å². The maximum absolute atomic E-state index is 4.06. The van der Waals surface area contributed by atoms with Crippen molar-refractivity contribution in [3.63, 3.8) is 0 Å². The van der Waals surface area contributed by atoms with E-state index in [0.717, 1.165) is 11.0 Å². The predicted octanol–water partition coefficient (Wildman–Crippen LogP) is 2.64. The number of rotatable bonds is 0. The molecule has 2 aromatic heterocycles. The maximum atomic E-state index is 4.06. The number of nitrogens with zero attached hydrogens (tertiary/aromatic N) is 2. The average molecular weight is 256 g/mol. The Bertz CT molecular complexity index is 451. The number of benzene rings is 1. The smallest absolute Gasteiger partial charge is 0.0931 e. The van der Waals surface area contributed by atoms with Crippen LogP contribution in [-0.2, 0) is 16.8 Å². The van der Waals surface area contributed by atoms with Gasteiger partial charge >= 0.3 is 0 Å². The van der Waals surface area contributed by atoms with Crippen molar-refractivity contribution in [1.29, 1.82) is 0 Å². The van der Waals surface area contributed by atoms with Crippen LogP contribution in [0.3, 0.4) is 0 Å². The molecule has 1 radical (unpaired) electrons. The summed E-state index contributed by atoms with van der Waals surface area (Å²) in [4.78, 5) is 10.9. The number of H-pyrrole nitrogens is 1. The zero-order valence-corrected chi connectivity index (χ0v) is 9.54. The van der Waals surface area contributed by atoms with Gasteiger partial charge < -0.3 is 4.98 Å². The quantitative estimate of drug-likeness (QED) is 0.671. The van der Waals surface area contributed by atoms with Crippen molar-refractivity contribution in [2.24, 2.45) is 0 Å². The number of nitrogens with one attached hydrogen (secondary N) is 1. The molecule has 0 aliphatic rings. The Morgan fingerprint density at radius 1 is 0.875 bits per heavy atom. The van der Waals surface area contributed by atoms with E-state index in [1.54, 1.807) is 18.7 Å². The standard InChI is InChI=1S/C7H6N2.C5H5N.Co/c1-2-4-7-6(3-1)8-5-9-7;1-2-4-6-5-3-1;/h1-5H,(H,8,9);1-5H;. The van der Waals surface area contributed by atoms with Crippen LogP contribution in [-0.4, -0.2) is 15.0 Å². The summed E-state index contributed by atoms with van der Waals surface area (Å²) >= 11 is 0. The normalized spacial score (nSPS) is 8.75. The molecule has 0 bridgehead atoms. The summed E-state index contributed by atoms with van der Waals surface area (Å²) in [6, 6.07) is 13.7. The van der Waals surface area contributed by atoms with Gasteiger partial charge in [-0.2, -0.15) is 0 Å². The van der Waals surface area contributed by atoms with Crippen LogP contribution in [0.5, 0.6) is 0 Å². The fourth-order valence-corrected chi connectivity index (χ4v) is 1.19. The van der Waals surface area contributed by atoms with E-state index in [4.69, 9.17) is 0 Å². The van der Waals surface area contributed by atoms with Gasteiger partial charge in [-0.3, -0.25) is 4.98 Å². The fourth-order valence-electron chi connectivity index (χ4n) is 1.19. The molecule has 3 rings (SSSR count). The number of hydrogen-bond acceptors (Lipinski definition) is 2. The SMILES string of the molecule is [Co].c1ccc2[nH]cnc2c1.c1ccncc1. The number of aromatic nitrogens is 3. The molecular weight excluding hydrogens is 245 g/mol. The Morgan fingerprint density at radius 2 is 1.62 bits per heavy atom. The average Bonchev–Trinajstić information content (AvgIpc) is 2.80. The molecule has 0 amide bonds. The minimum Gasteiger partial charge on any atom is -0.345 e. The maximum Gasteiger partial charge on any atom is 0.0931 e. The van der Waals surface area contributed by atoms with Crippen LogP contribution in [0.4, 0.5) is 0 Å². The van der Waals surface area contributed by atoms with E-state index in [2.05, 4.69) is 15.0 Å². The van der Waals surface area contributed by atoms with E-state index in [0.29, 0.717) is 0 Å². The first-order valence-electron chi connectivity index (χ1n) is 4.70. The van der Waals surface area contributed by atoms with Crippen molar-refractivity contribution >= 4 is 11.0 Å². The van der Waals surface area contributed by atoms with Crippen LogP contribution < -0.4 is 0 Å². The summed E-state index contributed by atoms with van der Waals surface area (Å²) in [6.07, 6.45) is 5.20. The Morgan fingerprint density at radius 3 is 2.19 bits per heavy atom. The molecule has 1 N–H and O–H groups in total. The number of para-hydroxylation sites is 2. The van der Waals surface area contributed by atoms with Gasteiger partial charge in [-0.25, -0.2) is 4.98 Å². The second kappa shape index (κ2) is 6.76. The summed E-state index contributed by atoms with van der Waals surface area (Å²) in [5.41, 5.74) is 2.12. The first-order valence-corrected chi connectivity index (χ1v) is 4.70.